The van der Waals surface area contributed by atoms with Crippen LogP contribution in [0.15, 0.2) is 28.8 Å². The minimum absolute atomic E-state index is 0.0178. The zero-order valence-corrected chi connectivity index (χ0v) is 8.36. The molecule has 80 valence electrons. The number of hydrogen-bond acceptors (Lipinski definition) is 4. The Bertz CT molecular complexity index is 574. The van der Waals surface area contributed by atoms with Crippen LogP contribution in [0.2, 0.25) is 0 Å². The molecule has 1 aromatic carbocycles. The van der Waals surface area contributed by atoms with E-state index in [0.29, 0.717) is 18.0 Å². The third kappa shape index (κ3) is 1.33. The summed E-state index contributed by atoms with van der Waals surface area (Å²) in [4.78, 5) is 11.2. The lowest BCUT2D eigenvalue weighted by Crippen LogP contribution is -2.03. The number of nitrogen functional groups attached to an aromatic ring is 1. The molecule has 1 amide bonds. The highest BCUT2D eigenvalue weighted by molar-refractivity contribution is 5.99. The quantitative estimate of drug-likeness (QED) is 0.753. The largest absolute Gasteiger partial charge is 0.381 e. The first-order valence-corrected chi connectivity index (χ1v) is 4.88. The van der Waals surface area contributed by atoms with E-state index in [1.165, 1.54) is 0 Å². The van der Waals surface area contributed by atoms with Crippen molar-refractivity contribution in [3.8, 4) is 11.3 Å². The molecule has 0 unspecified atom stereocenters. The van der Waals surface area contributed by atoms with Gasteiger partial charge < -0.3 is 15.6 Å². The average molecular weight is 215 g/mol. The number of carbonyl (C=O) groups is 1. The van der Waals surface area contributed by atoms with Gasteiger partial charge in [0.1, 0.15) is 0 Å². The number of carbonyl (C=O) groups excluding carboxylic acids is 1. The summed E-state index contributed by atoms with van der Waals surface area (Å²) in [5, 5.41) is 6.40. The predicted octanol–water partition coefficient (Wildman–Crippen LogP) is 1.42. The van der Waals surface area contributed by atoms with E-state index >= 15 is 0 Å². The molecule has 0 radical (unpaired) electrons. The van der Waals surface area contributed by atoms with E-state index in [-0.39, 0.29) is 5.91 Å². The van der Waals surface area contributed by atoms with Crippen LogP contribution in [0.25, 0.3) is 11.3 Å². The molecule has 3 rings (SSSR count). The number of anilines is 2. The number of rotatable bonds is 1. The number of amides is 1. The van der Waals surface area contributed by atoms with E-state index < -0.39 is 0 Å². The third-order valence-corrected chi connectivity index (χ3v) is 2.55. The van der Waals surface area contributed by atoms with Crippen molar-refractivity contribution in [1.29, 1.82) is 0 Å². The number of benzene rings is 1. The fourth-order valence-electron chi connectivity index (χ4n) is 1.79. The van der Waals surface area contributed by atoms with Crippen molar-refractivity contribution >= 4 is 17.4 Å². The molecule has 2 heterocycles. The lowest BCUT2D eigenvalue weighted by atomic mass is 10.1. The van der Waals surface area contributed by atoms with Gasteiger partial charge in [0.2, 0.25) is 5.91 Å². The van der Waals surface area contributed by atoms with E-state index in [4.69, 9.17) is 10.3 Å². The van der Waals surface area contributed by atoms with Crippen LogP contribution in [0, 0.1) is 0 Å². The molecular weight excluding hydrogens is 206 g/mol. The summed E-state index contributed by atoms with van der Waals surface area (Å²) in [6.07, 6.45) is 0.439. The summed E-state index contributed by atoms with van der Waals surface area (Å²) in [7, 11) is 0. The topological polar surface area (TPSA) is 81.1 Å². The SMILES string of the molecule is Nc1cc(-c2ccc3c(c2)NC(=O)C3)on1. The molecule has 3 N–H and O–H groups in total. The van der Waals surface area contributed by atoms with Crippen LogP contribution in [-0.2, 0) is 11.2 Å². The molecule has 1 aromatic heterocycles. The summed E-state index contributed by atoms with van der Waals surface area (Å²) < 4.78 is 5.05. The first-order chi connectivity index (χ1) is 7.72. The number of nitrogens with two attached hydrogens (primary N) is 1. The van der Waals surface area contributed by atoms with Crippen molar-refractivity contribution in [3.05, 3.63) is 29.8 Å². The Labute approximate surface area is 91.2 Å². The Morgan fingerprint density at radius 2 is 2.25 bits per heavy atom. The average Bonchev–Trinajstić information content (AvgIpc) is 2.81. The molecular formula is C11H9N3O2. The molecule has 2 aromatic rings. The maximum atomic E-state index is 11.2. The number of fused-ring (bicyclic) bond motifs is 1. The zero-order valence-electron chi connectivity index (χ0n) is 8.36. The zero-order chi connectivity index (χ0) is 11.1. The van der Waals surface area contributed by atoms with Crippen molar-refractivity contribution in [3.63, 3.8) is 0 Å². The lowest BCUT2D eigenvalue weighted by molar-refractivity contribution is -0.115. The van der Waals surface area contributed by atoms with Gasteiger partial charge >= 0.3 is 0 Å². The molecule has 0 aliphatic carbocycles. The van der Waals surface area contributed by atoms with Crippen molar-refractivity contribution in [1.82, 2.24) is 5.16 Å². The monoisotopic (exact) mass is 215 g/mol. The maximum Gasteiger partial charge on any atom is 0.228 e. The van der Waals surface area contributed by atoms with Gasteiger partial charge in [0.25, 0.3) is 0 Å². The van der Waals surface area contributed by atoms with Crippen molar-refractivity contribution < 1.29 is 9.32 Å². The second-order valence-electron chi connectivity index (χ2n) is 3.71. The van der Waals surface area contributed by atoms with Crippen molar-refractivity contribution in [2.24, 2.45) is 0 Å². The van der Waals surface area contributed by atoms with Crippen LogP contribution in [0.4, 0.5) is 11.5 Å². The van der Waals surface area contributed by atoms with E-state index in [2.05, 4.69) is 10.5 Å². The maximum absolute atomic E-state index is 11.2. The molecule has 16 heavy (non-hydrogen) atoms. The highest BCUT2D eigenvalue weighted by Gasteiger charge is 2.18. The second kappa shape index (κ2) is 3.10. The van der Waals surface area contributed by atoms with Crippen LogP contribution in [0.1, 0.15) is 5.56 Å². The van der Waals surface area contributed by atoms with E-state index in [1.54, 1.807) is 6.07 Å². The first kappa shape index (κ1) is 8.96. The fraction of sp³-hybridized carbons (Fsp3) is 0.0909. The molecule has 5 nitrogen and oxygen atoms in total. The summed E-state index contributed by atoms with van der Waals surface area (Å²) in [5.74, 6) is 0.963. The van der Waals surface area contributed by atoms with Gasteiger partial charge in [-0.15, -0.1) is 0 Å². The van der Waals surface area contributed by atoms with Gasteiger partial charge in [-0.05, 0) is 11.6 Å². The second-order valence-corrected chi connectivity index (χ2v) is 3.71. The van der Waals surface area contributed by atoms with Crippen LogP contribution in [-0.4, -0.2) is 11.1 Å². The Hall–Kier alpha value is -2.30. The minimum Gasteiger partial charge on any atom is -0.381 e. The normalized spacial score (nSPS) is 13.6. The third-order valence-electron chi connectivity index (χ3n) is 2.55. The molecule has 0 saturated carbocycles. The van der Waals surface area contributed by atoms with Gasteiger partial charge in [-0.3, -0.25) is 4.79 Å². The van der Waals surface area contributed by atoms with Gasteiger partial charge in [0.15, 0.2) is 11.6 Å². The Balaban J connectivity index is 2.05. The number of nitrogens with one attached hydrogen (secondary N) is 1. The van der Waals surface area contributed by atoms with Gasteiger partial charge in [-0.2, -0.15) is 0 Å². The van der Waals surface area contributed by atoms with Crippen LogP contribution in [0.5, 0.6) is 0 Å². The predicted molar refractivity (Wildman–Crippen MR) is 58.7 cm³/mol. The number of aromatic nitrogens is 1. The molecule has 0 saturated heterocycles. The summed E-state index contributed by atoms with van der Waals surface area (Å²) in [5.41, 5.74) is 8.16. The van der Waals surface area contributed by atoms with Crippen LogP contribution in [0.3, 0.4) is 0 Å². The van der Waals surface area contributed by atoms with Gasteiger partial charge in [0.05, 0.1) is 6.42 Å². The van der Waals surface area contributed by atoms with Crippen LogP contribution < -0.4 is 11.1 Å². The van der Waals surface area contributed by atoms with Crippen molar-refractivity contribution in [2.45, 2.75) is 6.42 Å². The number of hydrogen-bond donors (Lipinski definition) is 2. The summed E-state index contributed by atoms with van der Waals surface area (Å²) in [6.45, 7) is 0. The minimum atomic E-state index is 0.0178. The standard InChI is InChI=1S/C11H9N3O2/c12-10-5-9(16-14-10)7-2-1-6-4-11(15)13-8(6)3-7/h1-3,5H,4H2,(H2,12,14)(H,13,15). The Morgan fingerprint density at radius 1 is 1.38 bits per heavy atom. The first-order valence-electron chi connectivity index (χ1n) is 4.88. The highest BCUT2D eigenvalue weighted by Crippen LogP contribution is 2.29. The summed E-state index contributed by atoms with van der Waals surface area (Å²) in [6, 6.07) is 7.30. The van der Waals surface area contributed by atoms with Crippen molar-refractivity contribution in [2.75, 3.05) is 11.1 Å². The fourth-order valence-corrected chi connectivity index (χ4v) is 1.79. The Morgan fingerprint density at radius 3 is 3.00 bits per heavy atom. The smallest absolute Gasteiger partial charge is 0.228 e. The van der Waals surface area contributed by atoms with E-state index in [9.17, 15) is 4.79 Å². The molecule has 0 bridgehead atoms. The van der Waals surface area contributed by atoms with E-state index in [0.717, 1.165) is 16.8 Å². The van der Waals surface area contributed by atoms with Gasteiger partial charge in [0, 0.05) is 17.3 Å². The van der Waals surface area contributed by atoms with Gasteiger partial charge in [-0.25, -0.2) is 0 Å². The van der Waals surface area contributed by atoms with E-state index in [1.807, 2.05) is 18.2 Å². The molecule has 5 heteroatoms. The molecule has 1 aliphatic heterocycles. The van der Waals surface area contributed by atoms with Crippen LogP contribution >= 0.6 is 0 Å². The number of nitrogens with zero attached hydrogens (tertiary/aromatic N) is 1. The van der Waals surface area contributed by atoms with Gasteiger partial charge in [-0.1, -0.05) is 17.3 Å². The molecule has 0 spiro atoms. The highest BCUT2D eigenvalue weighted by atomic mass is 16.5. The molecule has 1 aliphatic rings. The molecule has 0 atom stereocenters. The Kier molecular flexibility index (Phi) is 1.73. The lowest BCUT2D eigenvalue weighted by Gasteiger charge is -2.00. The summed E-state index contributed by atoms with van der Waals surface area (Å²) >= 11 is 0. The molecule has 0 fully saturated rings.